The number of hydrogen-bond acceptors (Lipinski definition) is 6. The number of carbonyl (C=O) groups is 3. The maximum Gasteiger partial charge on any atom is 0.306 e. The van der Waals surface area contributed by atoms with Crippen LogP contribution in [0.1, 0.15) is 259 Å². The predicted molar refractivity (Wildman–Crippen MR) is 224 cm³/mol. The molecular formula is C47H90O6. The lowest BCUT2D eigenvalue weighted by molar-refractivity contribution is -0.167. The van der Waals surface area contributed by atoms with Gasteiger partial charge in [-0.05, 0) is 25.2 Å². The molecule has 0 heterocycles. The van der Waals surface area contributed by atoms with E-state index >= 15 is 0 Å². The van der Waals surface area contributed by atoms with E-state index in [1.54, 1.807) is 0 Å². The zero-order valence-electron chi connectivity index (χ0n) is 36.0. The lowest BCUT2D eigenvalue weighted by Gasteiger charge is -2.18. The summed E-state index contributed by atoms with van der Waals surface area (Å²) in [6.45, 7) is 8.99. The highest BCUT2D eigenvalue weighted by atomic mass is 16.6. The van der Waals surface area contributed by atoms with E-state index in [0.29, 0.717) is 19.3 Å². The van der Waals surface area contributed by atoms with Crippen molar-refractivity contribution in [2.75, 3.05) is 13.2 Å². The highest BCUT2D eigenvalue weighted by Gasteiger charge is 2.19. The Bertz CT molecular complexity index is 798. The molecule has 2 atom stereocenters. The van der Waals surface area contributed by atoms with E-state index in [1.807, 2.05) is 0 Å². The van der Waals surface area contributed by atoms with Gasteiger partial charge in [-0.1, -0.05) is 220 Å². The van der Waals surface area contributed by atoms with Crippen molar-refractivity contribution in [1.82, 2.24) is 0 Å². The minimum Gasteiger partial charge on any atom is -0.462 e. The summed E-state index contributed by atoms with van der Waals surface area (Å²) in [5.41, 5.74) is 0. The zero-order valence-corrected chi connectivity index (χ0v) is 36.0. The molecule has 53 heavy (non-hydrogen) atoms. The van der Waals surface area contributed by atoms with Gasteiger partial charge in [0, 0.05) is 19.3 Å². The monoisotopic (exact) mass is 751 g/mol. The minimum atomic E-state index is -0.759. The third-order valence-electron chi connectivity index (χ3n) is 10.9. The van der Waals surface area contributed by atoms with Gasteiger partial charge in [0.1, 0.15) is 13.2 Å². The summed E-state index contributed by atoms with van der Waals surface area (Å²) in [6, 6.07) is 0. The summed E-state index contributed by atoms with van der Waals surface area (Å²) < 4.78 is 16.7. The second kappa shape index (κ2) is 41.6. The van der Waals surface area contributed by atoms with E-state index in [1.165, 1.54) is 154 Å². The predicted octanol–water partition coefficient (Wildman–Crippen LogP) is 14.7. The quantitative estimate of drug-likeness (QED) is 0.0351. The van der Waals surface area contributed by atoms with Gasteiger partial charge in [0.05, 0.1) is 0 Å². The second-order valence-corrected chi connectivity index (χ2v) is 16.3. The van der Waals surface area contributed by atoms with Crippen molar-refractivity contribution >= 4 is 17.9 Å². The molecule has 0 saturated heterocycles. The highest BCUT2D eigenvalue weighted by molar-refractivity contribution is 5.71. The summed E-state index contributed by atoms with van der Waals surface area (Å²) in [4.78, 5) is 37.7. The number of rotatable bonds is 42. The molecule has 0 rings (SSSR count). The van der Waals surface area contributed by atoms with Gasteiger partial charge in [-0.3, -0.25) is 14.4 Å². The molecule has 314 valence electrons. The highest BCUT2D eigenvalue weighted by Crippen LogP contribution is 2.17. The Morgan fingerprint density at radius 1 is 0.377 bits per heavy atom. The molecule has 0 amide bonds. The van der Waals surface area contributed by atoms with E-state index in [0.717, 1.165) is 63.7 Å². The first-order valence-corrected chi connectivity index (χ1v) is 23.4. The lowest BCUT2D eigenvalue weighted by atomic mass is 9.99. The third-order valence-corrected chi connectivity index (χ3v) is 10.9. The summed E-state index contributed by atoms with van der Waals surface area (Å²) in [6.07, 6.45) is 40.8. The first-order chi connectivity index (χ1) is 25.9. The van der Waals surface area contributed by atoms with Crippen molar-refractivity contribution in [3.63, 3.8) is 0 Å². The van der Waals surface area contributed by atoms with Crippen LogP contribution in [0.4, 0.5) is 0 Å². The van der Waals surface area contributed by atoms with Crippen LogP contribution in [-0.4, -0.2) is 37.2 Å². The van der Waals surface area contributed by atoms with Crippen LogP contribution < -0.4 is 0 Å². The van der Waals surface area contributed by atoms with Crippen LogP contribution in [0.25, 0.3) is 0 Å². The summed E-state index contributed by atoms with van der Waals surface area (Å²) >= 11 is 0. The Hall–Kier alpha value is -1.59. The molecule has 0 aliphatic heterocycles. The molecule has 0 N–H and O–H groups in total. The molecule has 6 nitrogen and oxygen atoms in total. The van der Waals surface area contributed by atoms with Crippen LogP contribution in [0.2, 0.25) is 0 Å². The number of unbranched alkanes of at least 4 members (excludes halogenated alkanes) is 28. The first kappa shape index (κ1) is 51.4. The average molecular weight is 751 g/mol. The van der Waals surface area contributed by atoms with Gasteiger partial charge in [-0.2, -0.15) is 0 Å². The number of esters is 3. The average Bonchev–Trinajstić information content (AvgIpc) is 3.15. The Labute approximate surface area is 329 Å². The fourth-order valence-corrected chi connectivity index (χ4v) is 6.95. The second-order valence-electron chi connectivity index (χ2n) is 16.3. The van der Waals surface area contributed by atoms with Crippen molar-refractivity contribution in [2.45, 2.75) is 265 Å². The fourth-order valence-electron chi connectivity index (χ4n) is 6.95. The van der Waals surface area contributed by atoms with Crippen molar-refractivity contribution in [3.05, 3.63) is 0 Å². The standard InChI is InChI=1S/C47H90O6/c1-5-8-10-12-14-16-18-19-20-22-26-30-34-38-45(48)51-41-44(53-47(50)40-36-32-28-21-17-15-13-11-9-6-2)42-52-46(49)39-35-31-27-24-23-25-29-33-37-43(4)7-3/h43-44H,5-42H2,1-4H3/t43?,44-/m1/s1. The van der Waals surface area contributed by atoms with Crippen molar-refractivity contribution < 1.29 is 28.6 Å². The number of hydrogen-bond donors (Lipinski definition) is 0. The Balaban J connectivity index is 4.32. The molecule has 0 aromatic heterocycles. The molecule has 0 aromatic rings. The van der Waals surface area contributed by atoms with Gasteiger partial charge < -0.3 is 14.2 Å². The van der Waals surface area contributed by atoms with Gasteiger partial charge in [-0.15, -0.1) is 0 Å². The molecule has 0 aliphatic rings. The molecule has 0 radical (unpaired) electrons. The van der Waals surface area contributed by atoms with E-state index in [2.05, 4.69) is 27.7 Å². The van der Waals surface area contributed by atoms with Crippen molar-refractivity contribution in [1.29, 1.82) is 0 Å². The van der Waals surface area contributed by atoms with Crippen LogP contribution in [0.3, 0.4) is 0 Å². The van der Waals surface area contributed by atoms with Crippen LogP contribution >= 0.6 is 0 Å². The molecule has 0 aromatic carbocycles. The zero-order chi connectivity index (χ0) is 38.9. The fraction of sp³-hybridized carbons (Fsp3) is 0.936. The van der Waals surface area contributed by atoms with E-state index in [4.69, 9.17) is 14.2 Å². The summed E-state index contributed by atoms with van der Waals surface area (Å²) in [7, 11) is 0. The van der Waals surface area contributed by atoms with E-state index in [-0.39, 0.29) is 31.1 Å². The SMILES string of the molecule is CCCCCCCCCCCCCCCC(=O)OC[C@H](COC(=O)CCCCCCCCCCC(C)CC)OC(=O)CCCCCCCCCCCC. The van der Waals surface area contributed by atoms with Gasteiger partial charge in [-0.25, -0.2) is 0 Å². The van der Waals surface area contributed by atoms with Crippen molar-refractivity contribution in [3.8, 4) is 0 Å². The lowest BCUT2D eigenvalue weighted by Crippen LogP contribution is -2.30. The Morgan fingerprint density at radius 2 is 0.660 bits per heavy atom. The molecule has 0 bridgehead atoms. The van der Waals surface area contributed by atoms with Crippen LogP contribution in [0.5, 0.6) is 0 Å². The molecule has 6 heteroatoms. The third kappa shape index (κ3) is 39.9. The molecule has 0 saturated carbocycles. The first-order valence-electron chi connectivity index (χ1n) is 23.4. The van der Waals surface area contributed by atoms with Crippen molar-refractivity contribution in [2.24, 2.45) is 5.92 Å². The smallest absolute Gasteiger partial charge is 0.306 e. The molecule has 0 spiro atoms. The number of ether oxygens (including phenoxy) is 3. The molecule has 0 aliphatic carbocycles. The molecule has 0 fully saturated rings. The molecular weight excluding hydrogens is 661 g/mol. The topological polar surface area (TPSA) is 78.9 Å². The largest absolute Gasteiger partial charge is 0.462 e. The maximum atomic E-state index is 12.7. The summed E-state index contributed by atoms with van der Waals surface area (Å²) in [5.74, 6) is -0.00644. The van der Waals surface area contributed by atoms with E-state index in [9.17, 15) is 14.4 Å². The minimum absolute atomic E-state index is 0.0638. The Morgan fingerprint density at radius 3 is 0.981 bits per heavy atom. The Kier molecular flexibility index (Phi) is 40.3. The maximum absolute atomic E-state index is 12.7. The van der Waals surface area contributed by atoms with Crippen LogP contribution in [0.15, 0.2) is 0 Å². The van der Waals surface area contributed by atoms with Gasteiger partial charge >= 0.3 is 17.9 Å². The molecule has 1 unspecified atom stereocenters. The number of carbonyl (C=O) groups excluding carboxylic acids is 3. The normalized spacial score (nSPS) is 12.5. The van der Waals surface area contributed by atoms with Crippen LogP contribution in [0, 0.1) is 5.92 Å². The van der Waals surface area contributed by atoms with Crippen LogP contribution in [-0.2, 0) is 28.6 Å². The summed E-state index contributed by atoms with van der Waals surface area (Å²) in [5, 5.41) is 0. The van der Waals surface area contributed by atoms with Gasteiger partial charge in [0.25, 0.3) is 0 Å². The van der Waals surface area contributed by atoms with E-state index < -0.39 is 6.10 Å². The van der Waals surface area contributed by atoms with Gasteiger partial charge in [0.2, 0.25) is 0 Å². The van der Waals surface area contributed by atoms with Gasteiger partial charge in [0.15, 0.2) is 6.10 Å².